The minimum atomic E-state index is 0.0161. The fourth-order valence-electron chi connectivity index (χ4n) is 2.18. The van der Waals surface area contributed by atoms with E-state index in [2.05, 4.69) is 21.2 Å². The van der Waals surface area contributed by atoms with Gasteiger partial charge in [0, 0.05) is 10.2 Å². The highest BCUT2D eigenvalue weighted by atomic mass is 79.9. The molecule has 0 aliphatic carbocycles. The molecule has 0 spiro atoms. The first kappa shape index (κ1) is 14.8. The average Bonchev–Trinajstić information content (AvgIpc) is 2.36. The van der Waals surface area contributed by atoms with Gasteiger partial charge in [-0.15, -0.1) is 0 Å². The van der Waals surface area contributed by atoms with Crippen LogP contribution in [0.4, 0.5) is 5.69 Å². The molecule has 0 aliphatic rings. The van der Waals surface area contributed by atoms with Gasteiger partial charge in [-0.3, -0.25) is 4.79 Å². The Morgan fingerprint density at radius 1 is 1.05 bits per heavy atom. The van der Waals surface area contributed by atoms with Gasteiger partial charge in [-0.25, -0.2) is 0 Å². The molecule has 0 heterocycles. The smallest absolute Gasteiger partial charge is 0.228 e. The van der Waals surface area contributed by atoms with Crippen LogP contribution in [0.25, 0.3) is 0 Å². The van der Waals surface area contributed by atoms with E-state index >= 15 is 0 Å². The number of amides is 1. The molecule has 2 aromatic rings. The summed E-state index contributed by atoms with van der Waals surface area (Å²) in [5, 5.41) is 3.01. The molecule has 0 aliphatic heterocycles. The minimum absolute atomic E-state index is 0.0161. The third-order valence-corrected chi connectivity index (χ3v) is 3.71. The monoisotopic (exact) mass is 331 g/mol. The van der Waals surface area contributed by atoms with E-state index in [1.54, 1.807) is 0 Å². The molecule has 0 unspecified atom stereocenters. The highest BCUT2D eigenvalue weighted by Crippen LogP contribution is 2.25. The van der Waals surface area contributed by atoms with E-state index in [4.69, 9.17) is 0 Å². The number of carbonyl (C=O) groups excluding carboxylic acids is 1. The molecular weight excluding hydrogens is 314 g/mol. The molecule has 104 valence electrons. The van der Waals surface area contributed by atoms with Crippen molar-refractivity contribution in [2.45, 2.75) is 27.2 Å². The summed E-state index contributed by atoms with van der Waals surface area (Å²) < 4.78 is 1.03. The Balaban J connectivity index is 2.10. The van der Waals surface area contributed by atoms with Gasteiger partial charge in [0.25, 0.3) is 0 Å². The minimum Gasteiger partial charge on any atom is -0.325 e. The lowest BCUT2D eigenvalue weighted by Gasteiger charge is -2.12. The summed E-state index contributed by atoms with van der Waals surface area (Å²) in [6.07, 6.45) is 0.398. The van der Waals surface area contributed by atoms with Crippen molar-refractivity contribution in [3.05, 3.63) is 63.1 Å². The Bertz CT molecular complexity index is 609. The summed E-state index contributed by atoms with van der Waals surface area (Å²) in [6.45, 7) is 6.04. The van der Waals surface area contributed by atoms with Gasteiger partial charge in [0.2, 0.25) is 5.91 Å². The Labute approximate surface area is 128 Å². The number of aryl methyl sites for hydroxylation is 3. The van der Waals surface area contributed by atoms with Crippen molar-refractivity contribution >= 4 is 27.5 Å². The summed E-state index contributed by atoms with van der Waals surface area (Å²) in [6, 6.07) is 12.1. The molecule has 0 fully saturated rings. The van der Waals surface area contributed by atoms with Gasteiger partial charge in [0.05, 0.1) is 6.42 Å². The quantitative estimate of drug-likeness (QED) is 0.877. The highest BCUT2D eigenvalue weighted by Gasteiger charge is 2.09. The predicted molar refractivity (Wildman–Crippen MR) is 87.1 cm³/mol. The molecule has 0 radical (unpaired) electrons. The number of hydrogen-bond acceptors (Lipinski definition) is 1. The van der Waals surface area contributed by atoms with Crippen LogP contribution in [0.1, 0.15) is 22.3 Å². The van der Waals surface area contributed by atoms with Gasteiger partial charge >= 0.3 is 0 Å². The zero-order valence-electron chi connectivity index (χ0n) is 12.0. The molecule has 2 rings (SSSR count). The number of anilines is 1. The van der Waals surface area contributed by atoms with E-state index in [0.29, 0.717) is 6.42 Å². The molecule has 1 N–H and O–H groups in total. The lowest BCUT2D eigenvalue weighted by atomic mass is 10.1. The van der Waals surface area contributed by atoms with E-state index in [9.17, 15) is 4.79 Å². The number of halogens is 1. The number of hydrogen-bond donors (Lipinski definition) is 1. The van der Waals surface area contributed by atoms with Gasteiger partial charge in [-0.05, 0) is 49.6 Å². The lowest BCUT2D eigenvalue weighted by molar-refractivity contribution is -0.115. The van der Waals surface area contributed by atoms with E-state index in [0.717, 1.165) is 26.9 Å². The maximum Gasteiger partial charge on any atom is 0.228 e. The van der Waals surface area contributed by atoms with E-state index in [1.807, 2.05) is 57.2 Å². The third kappa shape index (κ3) is 3.70. The summed E-state index contributed by atoms with van der Waals surface area (Å²) in [5.41, 5.74) is 5.27. The molecule has 20 heavy (non-hydrogen) atoms. The second-order valence-electron chi connectivity index (χ2n) is 5.13. The topological polar surface area (TPSA) is 29.1 Å². The van der Waals surface area contributed by atoms with Crippen LogP contribution in [0.15, 0.2) is 40.9 Å². The molecule has 2 nitrogen and oxygen atoms in total. The van der Waals surface area contributed by atoms with E-state index < -0.39 is 0 Å². The van der Waals surface area contributed by atoms with Crippen LogP contribution in [0.2, 0.25) is 0 Å². The molecule has 0 saturated heterocycles. The lowest BCUT2D eigenvalue weighted by Crippen LogP contribution is -2.16. The Morgan fingerprint density at radius 3 is 2.15 bits per heavy atom. The summed E-state index contributed by atoms with van der Waals surface area (Å²) in [4.78, 5) is 12.1. The standard InChI is InChI=1S/C17H18BrNO/c1-11-4-6-14(7-5-11)10-16(20)19-17-12(2)8-15(18)9-13(17)3/h4-9H,10H2,1-3H3,(H,19,20). The van der Waals surface area contributed by atoms with Gasteiger partial charge in [-0.2, -0.15) is 0 Å². The Hall–Kier alpha value is -1.61. The molecule has 0 saturated carbocycles. The van der Waals surface area contributed by atoms with Crippen LogP contribution in [0, 0.1) is 20.8 Å². The van der Waals surface area contributed by atoms with Gasteiger partial charge in [0.1, 0.15) is 0 Å². The van der Waals surface area contributed by atoms with Crippen molar-refractivity contribution in [3.8, 4) is 0 Å². The van der Waals surface area contributed by atoms with Crippen LogP contribution >= 0.6 is 15.9 Å². The largest absolute Gasteiger partial charge is 0.325 e. The second kappa shape index (κ2) is 6.23. The van der Waals surface area contributed by atoms with Crippen molar-refractivity contribution in [1.29, 1.82) is 0 Å². The van der Waals surface area contributed by atoms with Crippen molar-refractivity contribution in [2.24, 2.45) is 0 Å². The van der Waals surface area contributed by atoms with Crippen LogP contribution in [0.3, 0.4) is 0 Å². The van der Waals surface area contributed by atoms with Gasteiger partial charge in [-0.1, -0.05) is 45.8 Å². The first-order valence-corrected chi connectivity index (χ1v) is 7.37. The van der Waals surface area contributed by atoms with Crippen LogP contribution in [0.5, 0.6) is 0 Å². The SMILES string of the molecule is Cc1ccc(CC(=O)Nc2c(C)cc(Br)cc2C)cc1. The number of benzene rings is 2. The molecule has 0 aromatic heterocycles. The van der Waals surface area contributed by atoms with E-state index in [-0.39, 0.29) is 5.91 Å². The number of rotatable bonds is 3. The normalized spacial score (nSPS) is 10.4. The molecule has 2 aromatic carbocycles. The zero-order chi connectivity index (χ0) is 14.7. The molecule has 0 bridgehead atoms. The van der Waals surface area contributed by atoms with E-state index in [1.165, 1.54) is 5.56 Å². The van der Waals surface area contributed by atoms with Gasteiger partial charge < -0.3 is 5.32 Å². The number of nitrogens with one attached hydrogen (secondary N) is 1. The maximum atomic E-state index is 12.1. The molecule has 1 amide bonds. The first-order valence-electron chi connectivity index (χ1n) is 6.58. The molecule has 0 atom stereocenters. The molecule has 3 heteroatoms. The van der Waals surface area contributed by atoms with Crippen molar-refractivity contribution in [2.75, 3.05) is 5.32 Å². The summed E-state index contributed by atoms with van der Waals surface area (Å²) in [5.74, 6) is 0.0161. The third-order valence-electron chi connectivity index (χ3n) is 3.25. The fraction of sp³-hybridized carbons (Fsp3) is 0.235. The Kier molecular flexibility index (Phi) is 4.61. The van der Waals surface area contributed by atoms with Crippen LogP contribution in [-0.4, -0.2) is 5.91 Å². The van der Waals surface area contributed by atoms with Crippen LogP contribution in [-0.2, 0) is 11.2 Å². The van der Waals surface area contributed by atoms with Crippen molar-refractivity contribution in [1.82, 2.24) is 0 Å². The Morgan fingerprint density at radius 2 is 1.60 bits per heavy atom. The fourth-order valence-corrected chi connectivity index (χ4v) is 2.87. The van der Waals surface area contributed by atoms with Gasteiger partial charge in [0.15, 0.2) is 0 Å². The highest BCUT2D eigenvalue weighted by molar-refractivity contribution is 9.10. The second-order valence-corrected chi connectivity index (χ2v) is 6.04. The van der Waals surface area contributed by atoms with Crippen molar-refractivity contribution in [3.63, 3.8) is 0 Å². The first-order chi connectivity index (χ1) is 9.45. The predicted octanol–water partition coefficient (Wildman–Crippen LogP) is 4.56. The summed E-state index contributed by atoms with van der Waals surface area (Å²) in [7, 11) is 0. The van der Waals surface area contributed by atoms with Crippen molar-refractivity contribution < 1.29 is 4.79 Å². The summed E-state index contributed by atoms with van der Waals surface area (Å²) >= 11 is 3.46. The number of carbonyl (C=O) groups is 1. The zero-order valence-corrected chi connectivity index (χ0v) is 13.5. The van der Waals surface area contributed by atoms with Crippen LogP contribution < -0.4 is 5.32 Å². The molecular formula is C17H18BrNO. The maximum absolute atomic E-state index is 12.1. The average molecular weight is 332 g/mol.